The zero-order valence-electron chi connectivity index (χ0n) is 17.6. The van der Waals surface area contributed by atoms with Crippen LogP contribution in [0, 0.1) is 0 Å². The molecule has 1 N–H and O–H groups in total. The molecule has 0 fully saturated rings. The molecule has 3 rings (SSSR count). The van der Waals surface area contributed by atoms with Gasteiger partial charge in [-0.1, -0.05) is 40.2 Å². The van der Waals surface area contributed by atoms with Crippen LogP contribution in [0.1, 0.15) is 28.4 Å². The molecule has 0 aromatic heterocycles. The lowest BCUT2D eigenvalue weighted by Crippen LogP contribution is -2.18. The highest BCUT2D eigenvalue weighted by atomic mass is 79.9. The smallest absolute Gasteiger partial charge is 0.275 e. The van der Waals surface area contributed by atoms with Crippen molar-refractivity contribution in [3.63, 3.8) is 0 Å². The Morgan fingerprint density at radius 3 is 2.50 bits per heavy atom. The summed E-state index contributed by atoms with van der Waals surface area (Å²) in [6.45, 7) is 2.78. The summed E-state index contributed by atoms with van der Waals surface area (Å²) in [7, 11) is 1.52. The zero-order chi connectivity index (χ0) is 22.9. The summed E-state index contributed by atoms with van der Waals surface area (Å²) in [5.41, 5.74) is 4.69. The van der Waals surface area contributed by atoms with Gasteiger partial charge in [-0.2, -0.15) is 5.10 Å². The van der Waals surface area contributed by atoms with Crippen LogP contribution in [0.5, 0.6) is 17.2 Å². The average Bonchev–Trinajstić information content (AvgIpc) is 2.79. The van der Waals surface area contributed by atoms with Crippen molar-refractivity contribution in [3.8, 4) is 17.2 Å². The van der Waals surface area contributed by atoms with Gasteiger partial charge in [-0.05, 0) is 70.4 Å². The summed E-state index contributed by atoms with van der Waals surface area (Å²) < 4.78 is 18.7. The molecule has 32 heavy (non-hydrogen) atoms. The van der Waals surface area contributed by atoms with E-state index in [1.807, 2.05) is 43.3 Å². The largest absolute Gasteiger partial charge is 0.496 e. The fraction of sp³-hybridized carbons (Fsp3) is 0.167. The molecule has 0 aliphatic rings. The molecule has 0 heterocycles. The Bertz CT molecular complexity index is 1100. The van der Waals surface area contributed by atoms with Gasteiger partial charge < -0.3 is 14.2 Å². The lowest BCUT2D eigenvalue weighted by Gasteiger charge is -2.15. The maximum Gasteiger partial charge on any atom is 0.275 e. The van der Waals surface area contributed by atoms with Gasteiger partial charge in [-0.25, -0.2) is 5.43 Å². The van der Waals surface area contributed by atoms with Gasteiger partial charge in [-0.3, -0.25) is 4.79 Å². The van der Waals surface area contributed by atoms with Crippen LogP contribution in [0.3, 0.4) is 0 Å². The Morgan fingerprint density at radius 2 is 1.78 bits per heavy atom. The van der Waals surface area contributed by atoms with Crippen molar-refractivity contribution in [2.24, 2.45) is 5.10 Å². The first-order valence-corrected chi connectivity index (χ1v) is 11.4. The highest BCUT2D eigenvalue weighted by Crippen LogP contribution is 2.37. The number of carbonyl (C=O) groups is 1. The first-order chi connectivity index (χ1) is 15.5. The molecule has 0 atom stereocenters. The van der Waals surface area contributed by atoms with Gasteiger partial charge in [-0.15, -0.1) is 0 Å². The topological polar surface area (TPSA) is 69.2 Å². The number of amides is 1. The number of carbonyl (C=O) groups excluding carboxylic acids is 1. The van der Waals surface area contributed by atoms with E-state index in [4.69, 9.17) is 14.2 Å². The molecular weight excluding hydrogens is 540 g/mol. The molecule has 166 valence electrons. The van der Waals surface area contributed by atoms with Gasteiger partial charge in [0.25, 0.3) is 5.91 Å². The third-order valence-corrected chi connectivity index (χ3v) is 5.48. The van der Waals surface area contributed by atoms with Gasteiger partial charge in [0.15, 0.2) is 11.5 Å². The summed E-state index contributed by atoms with van der Waals surface area (Å²) >= 11 is 6.98. The molecular formula is C24H22Br2N2O4. The van der Waals surface area contributed by atoms with Gasteiger partial charge >= 0.3 is 0 Å². The van der Waals surface area contributed by atoms with Crippen LogP contribution in [0.25, 0.3) is 0 Å². The predicted octanol–water partition coefficient (Wildman–Crippen LogP) is 5.96. The number of ether oxygens (including phenoxy) is 3. The van der Waals surface area contributed by atoms with E-state index in [2.05, 4.69) is 42.4 Å². The lowest BCUT2D eigenvalue weighted by atomic mass is 10.2. The van der Waals surface area contributed by atoms with Crippen LogP contribution in [0.4, 0.5) is 0 Å². The second-order valence-electron chi connectivity index (χ2n) is 6.58. The minimum absolute atomic E-state index is 0.364. The monoisotopic (exact) mass is 560 g/mol. The first kappa shape index (κ1) is 23.8. The van der Waals surface area contributed by atoms with E-state index >= 15 is 0 Å². The molecule has 0 aliphatic carbocycles. The van der Waals surface area contributed by atoms with Crippen molar-refractivity contribution in [2.75, 3.05) is 13.7 Å². The van der Waals surface area contributed by atoms with E-state index in [0.29, 0.717) is 36.0 Å². The quantitative estimate of drug-likeness (QED) is 0.258. The van der Waals surface area contributed by atoms with Crippen molar-refractivity contribution < 1.29 is 19.0 Å². The average molecular weight is 562 g/mol. The highest BCUT2D eigenvalue weighted by Gasteiger charge is 2.13. The Labute approximate surface area is 203 Å². The maximum atomic E-state index is 12.4. The third kappa shape index (κ3) is 6.34. The van der Waals surface area contributed by atoms with E-state index in [-0.39, 0.29) is 5.91 Å². The van der Waals surface area contributed by atoms with Crippen LogP contribution >= 0.6 is 31.9 Å². The van der Waals surface area contributed by atoms with Gasteiger partial charge in [0.2, 0.25) is 0 Å². The summed E-state index contributed by atoms with van der Waals surface area (Å²) in [5.74, 6) is 1.30. The Hall–Kier alpha value is -2.84. The molecule has 0 aliphatic heterocycles. The van der Waals surface area contributed by atoms with Gasteiger partial charge in [0.05, 0.1) is 30.0 Å². The molecule has 0 radical (unpaired) electrons. The number of benzene rings is 3. The second kappa shape index (κ2) is 11.7. The van der Waals surface area contributed by atoms with Crippen molar-refractivity contribution in [2.45, 2.75) is 13.5 Å². The van der Waals surface area contributed by atoms with Crippen LogP contribution in [-0.4, -0.2) is 25.8 Å². The molecule has 0 spiro atoms. The normalized spacial score (nSPS) is 10.8. The summed E-state index contributed by atoms with van der Waals surface area (Å²) in [4.78, 5) is 12.4. The molecule has 0 unspecified atom stereocenters. The minimum Gasteiger partial charge on any atom is -0.496 e. The fourth-order valence-electron chi connectivity index (χ4n) is 2.86. The van der Waals surface area contributed by atoms with Crippen molar-refractivity contribution >= 4 is 44.0 Å². The molecule has 0 saturated heterocycles. The Kier molecular flexibility index (Phi) is 8.70. The van der Waals surface area contributed by atoms with E-state index in [1.165, 1.54) is 7.11 Å². The van der Waals surface area contributed by atoms with Crippen LogP contribution in [-0.2, 0) is 6.61 Å². The number of para-hydroxylation sites is 1. The highest BCUT2D eigenvalue weighted by molar-refractivity contribution is 9.10. The summed E-state index contributed by atoms with van der Waals surface area (Å²) in [5, 5.41) is 4.07. The number of rotatable bonds is 9. The standard InChI is InChI=1S/C24H22Br2N2O4/c1-3-31-22-13-17(14-27-28-24(29)19-6-4-5-7-21(19)30-2)12-20(26)23(22)32-15-16-8-10-18(25)11-9-16/h4-14H,3,15H2,1-2H3,(H,28,29)/b27-14-. The summed E-state index contributed by atoms with van der Waals surface area (Å²) in [6.07, 6.45) is 1.54. The number of hydrazone groups is 1. The number of nitrogens with one attached hydrogen (secondary N) is 1. The van der Waals surface area contributed by atoms with Crippen molar-refractivity contribution in [1.82, 2.24) is 5.43 Å². The van der Waals surface area contributed by atoms with Crippen molar-refractivity contribution in [3.05, 3.63) is 86.3 Å². The molecule has 8 heteroatoms. The van der Waals surface area contributed by atoms with E-state index < -0.39 is 0 Å². The number of nitrogens with zero attached hydrogens (tertiary/aromatic N) is 1. The maximum absolute atomic E-state index is 12.4. The van der Waals surface area contributed by atoms with Gasteiger partial charge in [0, 0.05) is 4.47 Å². The van der Waals surface area contributed by atoms with E-state index in [9.17, 15) is 4.79 Å². The Morgan fingerprint density at radius 1 is 1.03 bits per heavy atom. The lowest BCUT2D eigenvalue weighted by molar-refractivity contribution is 0.0952. The molecule has 0 bridgehead atoms. The third-order valence-electron chi connectivity index (χ3n) is 4.36. The second-order valence-corrected chi connectivity index (χ2v) is 8.35. The van der Waals surface area contributed by atoms with Crippen LogP contribution < -0.4 is 19.6 Å². The summed E-state index contributed by atoms with van der Waals surface area (Å²) in [6, 6.07) is 18.5. The first-order valence-electron chi connectivity index (χ1n) is 9.81. The van der Waals surface area contributed by atoms with E-state index in [1.54, 1.807) is 30.5 Å². The number of hydrogen-bond donors (Lipinski definition) is 1. The van der Waals surface area contributed by atoms with Gasteiger partial charge in [0.1, 0.15) is 12.4 Å². The molecule has 6 nitrogen and oxygen atoms in total. The molecule has 0 saturated carbocycles. The molecule has 3 aromatic rings. The zero-order valence-corrected chi connectivity index (χ0v) is 20.8. The van der Waals surface area contributed by atoms with E-state index in [0.717, 1.165) is 20.1 Å². The number of halogens is 2. The Balaban J connectivity index is 1.73. The van der Waals surface area contributed by atoms with Crippen molar-refractivity contribution in [1.29, 1.82) is 0 Å². The predicted molar refractivity (Wildman–Crippen MR) is 132 cm³/mol. The molecule has 3 aromatic carbocycles. The number of methoxy groups -OCH3 is 1. The molecule has 1 amide bonds. The van der Waals surface area contributed by atoms with Crippen LogP contribution in [0.15, 0.2) is 74.7 Å². The SMILES string of the molecule is CCOc1cc(/C=N\NC(=O)c2ccccc2OC)cc(Br)c1OCc1ccc(Br)cc1. The fourth-order valence-corrected chi connectivity index (χ4v) is 3.70. The minimum atomic E-state index is -0.364. The van der Waals surface area contributed by atoms with Crippen LogP contribution in [0.2, 0.25) is 0 Å². The number of hydrogen-bond acceptors (Lipinski definition) is 5.